The monoisotopic (exact) mass is 561 g/mol. The molecule has 176 valence electrons. The molecule has 1 atom stereocenters. The van der Waals surface area contributed by atoms with Gasteiger partial charge in [0.15, 0.2) is 5.96 Å². The molecule has 5 nitrogen and oxygen atoms in total. The lowest BCUT2D eigenvalue weighted by Gasteiger charge is -2.33. The van der Waals surface area contributed by atoms with Crippen LogP contribution in [-0.2, 0) is 6.18 Å². The third-order valence-corrected chi connectivity index (χ3v) is 5.69. The number of anilines is 1. The lowest BCUT2D eigenvalue weighted by Crippen LogP contribution is -2.49. The number of benzene rings is 1. The van der Waals surface area contributed by atoms with Crippen LogP contribution in [0.4, 0.5) is 19.0 Å². The van der Waals surface area contributed by atoms with Gasteiger partial charge in [-0.3, -0.25) is 4.99 Å². The van der Waals surface area contributed by atoms with Gasteiger partial charge in [-0.25, -0.2) is 4.98 Å². The highest BCUT2D eigenvalue weighted by Gasteiger charge is 2.30. The molecular weight excluding hydrogens is 530 g/mol. The Morgan fingerprint density at radius 2 is 1.94 bits per heavy atom. The molecule has 1 saturated heterocycles. The normalized spacial score (nSPS) is 16.3. The maximum Gasteiger partial charge on any atom is 0.416 e. The number of piperidine rings is 1. The zero-order valence-electron chi connectivity index (χ0n) is 18.4. The first kappa shape index (κ1) is 26.2. The molecule has 32 heavy (non-hydrogen) atoms. The van der Waals surface area contributed by atoms with Crippen molar-refractivity contribution in [3.63, 3.8) is 0 Å². The van der Waals surface area contributed by atoms with Gasteiger partial charge in [0.25, 0.3) is 0 Å². The van der Waals surface area contributed by atoms with Crippen molar-refractivity contribution in [1.82, 2.24) is 15.6 Å². The minimum atomic E-state index is -4.31. The molecule has 1 unspecified atom stereocenters. The van der Waals surface area contributed by atoms with Crippen molar-refractivity contribution in [3.05, 3.63) is 59.8 Å². The van der Waals surface area contributed by atoms with Crippen LogP contribution >= 0.6 is 24.0 Å². The molecule has 0 amide bonds. The number of hydrogen-bond donors (Lipinski definition) is 2. The Balaban J connectivity index is 0.00000363. The van der Waals surface area contributed by atoms with Crippen LogP contribution in [0.1, 0.15) is 43.2 Å². The molecule has 2 aromatic rings. The molecule has 0 radical (unpaired) electrons. The predicted molar refractivity (Wildman–Crippen MR) is 134 cm³/mol. The molecule has 2 heterocycles. The third-order valence-electron chi connectivity index (χ3n) is 5.69. The molecule has 2 N–H and O–H groups in total. The molecule has 0 bridgehead atoms. The van der Waals surface area contributed by atoms with Crippen LogP contribution in [0.3, 0.4) is 0 Å². The summed E-state index contributed by atoms with van der Waals surface area (Å²) >= 11 is 0. The van der Waals surface area contributed by atoms with Gasteiger partial charge in [0.2, 0.25) is 0 Å². The van der Waals surface area contributed by atoms with Gasteiger partial charge in [-0.05, 0) is 48.9 Å². The second-order valence-electron chi connectivity index (χ2n) is 7.91. The molecule has 0 saturated carbocycles. The minimum Gasteiger partial charge on any atom is -0.356 e. The van der Waals surface area contributed by atoms with Gasteiger partial charge in [0, 0.05) is 38.9 Å². The first-order valence-corrected chi connectivity index (χ1v) is 10.7. The smallest absolute Gasteiger partial charge is 0.356 e. The highest BCUT2D eigenvalue weighted by molar-refractivity contribution is 14.0. The van der Waals surface area contributed by atoms with Crippen molar-refractivity contribution in [2.45, 2.75) is 44.3 Å². The van der Waals surface area contributed by atoms with Crippen molar-refractivity contribution >= 4 is 35.8 Å². The minimum absolute atomic E-state index is 0. The summed E-state index contributed by atoms with van der Waals surface area (Å²) in [6, 6.07) is 11.8. The maximum atomic E-state index is 12.9. The Morgan fingerprint density at radius 3 is 2.56 bits per heavy atom. The molecule has 9 heteroatoms. The molecule has 0 spiro atoms. The van der Waals surface area contributed by atoms with E-state index in [-0.39, 0.29) is 29.9 Å². The maximum absolute atomic E-state index is 12.9. The lowest BCUT2D eigenvalue weighted by molar-refractivity contribution is -0.137. The fourth-order valence-electron chi connectivity index (χ4n) is 3.78. The number of nitrogens with one attached hydrogen (secondary N) is 2. The number of nitrogens with zero attached hydrogens (tertiary/aromatic N) is 3. The topological polar surface area (TPSA) is 52.6 Å². The number of alkyl halides is 3. The van der Waals surface area contributed by atoms with E-state index in [1.165, 1.54) is 12.1 Å². The Bertz CT molecular complexity index is 852. The Labute approximate surface area is 204 Å². The van der Waals surface area contributed by atoms with Gasteiger partial charge >= 0.3 is 6.18 Å². The molecule has 1 aliphatic rings. The quantitative estimate of drug-likeness (QED) is 0.295. The summed E-state index contributed by atoms with van der Waals surface area (Å²) in [5.74, 6) is 1.74. The molecular formula is C23H31F3IN5. The standard InChI is InChI=1S/C23H30F3N5.HI/c1-17(18-6-5-7-19(16-18)23(24,25)26)9-13-29-22(27-2)30-20-10-14-31(15-11-20)21-8-3-4-12-28-21;/h3-8,12,16-17,20H,9-11,13-15H2,1-2H3,(H2,27,29,30);1H. The summed E-state index contributed by atoms with van der Waals surface area (Å²) in [4.78, 5) is 11.0. The van der Waals surface area contributed by atoms with Crippen LogP contribution in [0.25, 0.3) is 0 Å². The van der Waals surface area contributed by atoms with Crippen LogP contribution < -0.4 is 15.5 Å². The summed E-state index contributed by atoms with van der Waals surface area (Å²) in [6.45, 7) is 4.43. The van der Waals surface area contributed by atoms with Crippen LogP contribution in [-0.4, -0.2) is 43.7 Å². The zero-order chi connectivity index (χ0) is 22.3. The first-order valence-electron chi connectivity index (χ1n) is 10.7. The second-order valence-corrected chi connectivity index (χ2v) is 7.91. The average Bonchev–Trinajstić information content (AvgIpc) is 2.79. The number of pyridine rings is 1. The van der Waals surface area contributed by atoms with Gasteiger partial charge in [0.05, 0.1) is 5.56 Å². The van der Waals surface area contributed by atoms with Gasteiger partial charge in [-0.2, -0.15) is 13.2 Å². The number of hydrogen-bond acceptors (Lipinski definition) is 3. The highest BCUT2D eigenvalue weighted by Crippen LogP contribution is 2.31. The van der Waals surface area contributed by atoms with E-state index in [1.54, 1.807) is 13.1 Å². The summed E-state index contributed by atoms with van der Waals surface area (Å²) in [7, 11) is 1.73. The molecule has 0 aliphatic carbocycles. The predicted octanol–water partition coefficient (Wildman–Crippen LogP) is 5.05. The SMILES string of the molecule is CN=C(NCCC(C)c1cccc(C(F)(F)F)c1)NC1CCN(c2ccccn2)CC1.I. The zero-order valence-corrected chi connectivity index (χ0v) is 20.7. The van der Waals surface area contributed by atoms with Crippen LogP contribution in [0, 0.1) is 0 Å². The number of aromatic nitrogens is 1. The summed E-state index contributed by atoms with van der Waals surface area (Å²) < 4.78 is 38.8. The van der Waals surface area contributed by atoms with Crippen molar-refractivity contribution < 1.29 is 13.2 Å². The van der Waals surface area contributed by atoms with Crippen molar-refractivity contribution in [2.24, 2.45) is 4.99 Å². The average molecular weight is 561 g/mol. The van der Waals surface area contributed by atoms with E-state index < -0.39 is 11.7 Å². The number of guanidine groups is 1. The van der Waals surface area contributed by atoms with Crippen LogP contribution in [0.15, 0.2) is 53.7 Å². The van der Waals surface area contributed by atoms with Gasteiger partial charge < -0.3 is 15.5 Å². The van der Waals surface area contributed by atoms with Crippen LogP contribution in [0.5, 0.6) is 0 Å². The lowest BCUT2D eigenvalue weighted by atomic mass is 9.96. The van der Waals surface area contributed by atoms with Gasteiger partial charge in [-0.15, -0.1) is 24.0 Å². The molecule has 1 fully saturated rings. The van der Waals surface area contributed by atoms with E-state index in [4.69, 9.17) is 0 Å². The second kappa shape index (κ2) is 12.3. The number of rotatable bonds is 6. The van der Waals surface area contributed by atoms with E-state index >= 15 is 0 Å². The largest absolute Gasteiger partial charge is 0.416 e. The van der Waals surface area contributed by atoms with E-state index in [0.717, 1.165) is 43.8 Å². The molecule has 1 aromatic carbocycles. The van der Waals surface area contributed by atoms with E-state index in [9.17, 15) is 13.2 Å². The Kier molecular flexibility index (Phi) is 10.0. The third kappa shape index (κ3) is 7.53. The highest BCUT2D eigenvalue weighted by atomic mass is 127. The number of aliphatic imine (C=N–C) groups is 1. The van der Waals surface area contributed by atoms with E-state index in [0.29, 0.717) is 24.6 Å². The van der Waals surface area contributed by atoms with Crippen molar-refractivity contribution in [3.8, 4) is 0 Å². The summed E-state index contributed by atoms with van der Waals surface area (Å²) in [5, 5.41) is 6.76. The summed E-state index contributed by atoms with van der Waals surface area (Å²) in [5.41, 5.74) is 0.0980. The van der Waals surface area contributed by atoms with E-state index in [1.807, 2.05) is 31.3 Å². The molecule has 1 aliphatic heterocycles. The summed E-state index contributed by atoms with van der Waals surface area (Å²) in [6.07, 6.45) is 0.174. The molecule has 3 rings (SSSR count). The Morgan fingerprint density at radius 1 is 1.19 bits per heavy atom. The van der Waals surface area contributed by atoms with Gasteiger partial charge in [0.1, 0.15) is 5.82 Å². The fourth-order valence-corrected chi connectivity index (χ4v) is 3.78. The Hall–Kier alpha value is -2.04. The number of halogens is 4. The fraction of sp³-hybridized carbons (Fsp3) is 0.478. The van der Waals surface area contributed by atoms with Gasteiger partial charge in [-0.1, -0.05) is 31.2 Å². The first-order chi connectivity index (χ1) is 14.9. The molecule has 1 aromatic heterocycles. The van der Waals surface area contributed by atoms with Crippen molar-refractivity contribution in [2.75, 3.05) is 31.6 Å². The van der Waals surface area contributed by atoms with Crippen molar-refractivity contribution in [1.29, 1.82) is 0 Å². The van der Waals surface area contributed by atoms with E-state index in [2.05, 4.69) is 25.5 Å². The van der Waals surface area contributed by atoms with Crippen LogP contribution in [0.2, 0.25) is 0 Å².